The summed E-state index contributed by atoms with van der Waals surface area (Å²) < 4.78 is 13.2. The van der Waals surface area contributed by atoms with Crippen LogP contribution in [0.3, 0.4) is 0 Å². The molecule has 0 bridgehead atoms. The molecule has 0 radical (unpaired) electrons. The van der Waals surface area contributed by atoms with Gasteiger partial charge in [-0.05, 0) is 54.5 Å². The number of nitrogens with zero attached hydrogens (tertiary/aromatic N) is 1. The van der Waals surface area contributed by atoms with Crippen LogP contribution in [0.25, 0.3) is 0 Å². The normalized spacial score (nSPS) is 18.7. The molecule has 0 aliphatic carbocycles. The Balaban J connectivity index is 2.04. The molecule has 0 amide bonds. The molecule has 1 aliphatic heterocycles. The van der Waals surface area contributed by atoms with Crippen LogP contribution < -0.4 is 5.46 Å². The van der Waals surface area contributed by atoms with Crippen LogP contribution in [0.1, 0.15) is 45.1 Å². The molecule has 21 heavy (non-hydrogen) atoms. The van der Waals surface area contributed by atoms with E-state index in [1.165, 1.54) is 37.8 Å². The Kier molecular flexibility index (Phi) is 5.41. The Hall–Kier alpha value is -0.905. The van der Waals surface area contributed by atoms with Gasteiger partial charge in [0.15, 0.2) is 0 Å². The molecule has 1 heterocycles. The largest absolute Gasteiger partial charge is 0.488 e. The molecule has 0 unspecified atom stereocenters. The van der Waals surface area contributed by atoms with Gasteiger partial charge in [0.25, 0.3) is 0 Å². The first-order valence-electron chi connectivity index (χ1n) is 7.86. The van der Waals surface area contributed by atoms with E-state index in [1.54, 1.807) is 6.07 Å². The highest BCUT2D eigenvalue weighted by molar-refractivity contribution is 6.59. The molecule has 1 aromatic carbocycles. The van der Waals surface area contributed by atoms with Crippen LogP contribution in [0.5, 0.6) is 0 Å². The highest BCUT2D eigenvalue weighted by Crippen LogP contribution is 2.38. The second-order valence-electron chi connectivity index (χ2n) is 6.20. The zero-order valence-electron chi connectivity index (χ0n) is 13.0. The molecule has 2 rings (SSSR count). The number of hydrogen-bond acceptors (Lipinski definition) is 3. The molecule has 0 saturated carbocycles. The van der Waals surface area contributed by atoms with E-state index >= 15 is 0 Å². The van der Waals surface area contributed by atoms with E-state index in [1.807, 2.05) is 0 Å². The van der Waals surface area contributed by atoms with Crippen LogP contribution in [0.2, 0.25) is 0 Å². The Labute approximate surface area is 126 Å². The van der Waals surface area contributed by atoms with Crippen molar-refractivity contribution < 1.29 is 14.4 Å². The third-order valence-electron chi connectivity index (χ3n) is 5.20. The van der Waals surface area contributed by atoms with E-state index in [-0.39, 0.29) is 5.46 Å². The molecule has 0 aromatic heterocycles. The van der Waals surface area contributed by atoms with Crippen LogP contribution in [-0.2, 0) is 6.54 Å². The fraction of sp³-hybridized carbons (Fsp3) is 0.625. The minimum Gasteiger partial charge on any atom is -0.423 e. The Morgan fingerprint density at radius 2 is 1.81 bits per heavy atom. The Morgan fingerprint density at radius 1 is 1.19 bits per heavy atom. The lowest BCUT2D eigenvalue weighted by atomic mass is 9.73. The maximum Gasteiger partial charge on any atom is 0.488 e. The second-order valence-corrected chi connectivity index (χ2v) is 6.20. The highest BCUT2D eigenvalue weighted by Gasteiger charge is 2.31. The van der Waals surface area contributed by atoms with Gasteiger partial charge in [0.1, 0.15) is 5.82 Å². The number of likely N-dealkylation sites (tertiary alicyclic amines) is 1. The number of hydrogen-bond donors (Lipinski definition) is 2. The molecule has 1 aromatic rings. The molecule has 1 aliphatic rings. The molecule has 3 nitrogen and oxygen atoms in total. The van der Waals surface area contributed by atoms with Gasteiger partial charge in [0.2, 0.25) is 0 Å². The van der Waals surface area contributed by atoms with Crippen LogP contribution in [-0.4, -0.2) is 35.2 Å². The van der Waals surface area contributed by atoms with Crippen LogP contribution in [0.15, 0.2) is 18.2 Å². The van der Waals surface area contributed by atoms with E-state index in [0.29, 0.717) is 12.0 Å². The van der Waals surface area contributed by atoms with Gasteiger partial charge in [-0.2, -0.15) is 0 Å². The third-order valence-corrected chi connectivity index (χ3v) is 5.20. The van der Waals surface area contributed by atoms with Crippen molar-refractivity contribution in [3.63, 3.8) is 0 Å². The first kappa shape index (κ1) is 16.5. The summed E-state index contributed by atoms with van der Waals surface area (Å²) in [6.45, 7) is 7.20. The van der Waals surface area contributed by atoms with E-state index in [2.05, 4.69) is 18.7 Å². The quantitative estimate of drug-likeness (QED) is 0.815. The van der Waals surface area contributed by atoms with E-state index in [9.17, 15) is 14.4 Å². The molecule has 0 atom stereocenters. The molecule has 1 saturated heterocycles. The summed E-state index contributed by atoms with van der Waals surface area (Å²) in [5.41, 5.74) is 1.54. The number of benzene rings is 1. The summed E-state index contributed by atoms with van der Waals surface area (Å²) in [7, 11) is -1.62. The molecular formula is C16H25BFNO2. The summed E-state index contributed by atoms with van der Waals surface area (Å²) in [5.74, 6) is -0.434. The van der Waals surface area contributed by atoms with Crippen LogP contribution in [0.4, 0.5) is 4.39 Å². The van der Waals surface area contributed by atoms with Crippen LogP contribution >= 0.6 is 0 Å². The van der Waals surface area contributed by atoms with Gasteiger partial charge in [-0.25, -0.2) is 4.39 Å². The molecule has 5 heteroatoms. The van der Waals surface area contributed by atoms with Gasteiger partial charge in [0.05, 0.1) is 0 Å². The molecule has 116 valence electrons. The summed E-state index contributed by atoms with van der Waals surface area (Å²) in [6, 6.07) is 4.26. The standard InChI is InChI=1S/C16H25BFNO2/c1-3-16(4-2)7-9-19(10-8-16)12-13-5-6-14(18)11-15(13)17(20)21/h5-6,11,20-21H,3-4,7-10,12H2,1-2H3. The van der Waals surface area contributed by atoms with Crippen molar-refractivity contribution in [1.29, 1.82) is 0 Å². The lowest BCUT2D eigenvalue weighted by Crippen LogP contribution is -2.41. The average molecular weight is 293 g/mol. The highest BCUT2D eigenvalue weighted by atomic mass is 19.1. The third kappa shape index (κ3) is 3.85. The fourth-order valence-corrected chi connectivity index (χ4v) is 3.33. The van der Waals surface area contributed by atoms with Crippen molar-refractivity contribution in [2.45, 2.75) is 46.1 Å². The Morgan fingerprint density at radius 3 is 2.33 bits per heavy atom. The molecular weight excluding hydrogens is 268 g/mol. The van der Waals surface area contributed by atoms with Crippen molar-refractivity contribution in [3.8, 4) is 0 Å². The zero-order chi connectivity index (χ0) is 15.5. The lowest BCUT2D eigenvalue weighted by molar-refractivity contribution is 0.0910. The maximum atomic E-state index is 13.2. The van der Waals surface area contributed by atoms with Crippen molar-refractivity contribution in [1.82, 2.24) is 4.90 Å². The smallest absolute Gasteiger partial charge is 0.423 e. The molecule has 2 N–H and O–H groups in total. The van der Waals surface area contributed by atoms with Crippen molar-refractivity contribution in [2.75, 3.05) is 13.1 Å². The van der Waals surface area contributed by atoms with Crippen molar-refractivity contribution >= 4 is 12.6 Å². The first-order valence-corrected chi connectivity index (χ1v) is 7.86. The number of halogens is 1. The second kappa shape index (κ2) is 6.90. The lowest BCUT2D eigenvalue weighted by Gasteiger charge is -2.41. The van der Waals surface area contributed by atoms with Gasteiger partial charge in [-0.3, -0.25) is 4.90 Å². The summed E-state index contributed by atoms with van der Waals surface area (Å²) in [4.78, 5) is 2.32. The number of rotatable bonds is 5. The van der Waals surface area contributed by atoms with Gasteiger partial charge < -0.3 is 10.0 Å². The van der Waals surface area contributed by atoms with Crippen LogP contribution in [0, 0.1) is 11.2 Å². The van der Waals surface area contributed by atoms with Gasteiger partial charge >= 0.3 is 7.12 Å². The van der Waals surface area contributed by atoms with Gasteiger partial charge in [-0.15, -0.1) is 0 Å². The number of piperidine rings is 1. The first-order chi connectivity index (χ1) is 9.99. The average Bonchev–Trinajstić information content (AvgIpc) is 2.50. The van der Waals surface area contributed by atoms with E-state index in [0.717, 1.165) is 18.7 Å². The minimum absolute atomic E-state index is 0.276. The Bertz CT molecular complexity index is 467. The molecule has 0 spiro atoms. The predicted molar refractivity (Wildman–Crippen MR) is 83.8 cm³/mol. The SMILES string of the molecule is CCC1(CC)CCN(Cc2ccc(F)cc2B(O)O)CC1. The van der Waals surface area contributed by atoms with Crippen molar-refractivity contribution in [3.05, 3.63) is 29.6 Å². The van der Waals surface area contributed by atoms with E-state index < -0.39 is 12.9 Å². The fourth-order valence-electron chi connectivity index (χ4n) is 3.33. The topological polar surface area (TPSA) is 43.7 Å². The van der Waals surface area contributed by atoms with E-state index in [4.69, 9.17) is 0 Å². The summed E-state index contributed by atoms with van der Waals surface area (Å²) in [6.07, 6.45) is 4.79. The minimum atomic E-state index is -1.62. The summed E-state index contributed by atoms with van der Waals surface area (Å²) >= 11 is 0. The molecule has 1 fully saturated rings. The van der Waals surface area contributed by atoms with Gasteiger partial charge in [-0.1, -0.05) is 32.8 Å². The maximum absolute atomic E-state index is 13.2. The summed E-state index contributed by atoms with van der Waals surface area (Å²) in [5, 5.41) is 18.8. The monoisotopic (exact) mass is 293 g/mol. The van der Waals surface area contributed by atoms with Gasteiger partial charge in [0, 0.05) is 6.54 Å². The predicted octanol–water partition coefficient (Wildman–Crippen LogP) is 1.91. The van der Waals surface area contributed by atoms with Crippen molar-refractivity contribution in [2.24, 2.45) is 5.41 Å². The zero-order valence-corrected chi connectivity index (χ0v) is 13.0.